The topological polar surface area (TPSA) is 85.5 Å². The summed E-state index contributed by atoms with van der Waals surface area (Å²) in [5.41, 5.74) is 4.77. The molecule has 0 bridgehead atoms. The number of anilines is 2. The molecule has 4 aromatic rings. The molecule has 1 aliphatic rings. The van der Waals surface area contributed by atoms with Gasteiger partial charge in [-0.15, -0.1) is 0 Å². The minimum Gasteiger partial charge on any atom is -0.456 e. The number of amides is 2. The van der Waals surface area contributed by atoms with Crippen molar-refractivity contribution in [2.24, 2.45) is 11.1 Å². The molecule has 1 aliphatic carbocycles. The second-order valence-corrected chi connectivity index (χ2v) is 8.69. The Morgan fingerprint density at radius 2 is 1.74 bits per heavy atom. The van der Waals surface area contributed by atoms with Crippen molar-refractivity contribution in [3.05, 3.63) is 89.6 Å². The molecule has 0 spiro atoms. The molecule has 3 aromatic carbocycles. The normalized spacial score (nSPS) is 13.9. The number of carbonyl (C=O) groups is 2. The van der Waals surface area contributed by atoms with Crippen molar-refractivity contribution in [2.75, 3.05) is 4.90 Å². The van der Waals surface area contributed by atoms with Gasteiger partial charge in [-0.2, -0.15) is 0 Å². The van der Waals surface area contributed by atoms with E-state index in [1.54, 1.807) is 30.5 Å². The van der Waals surface area contributed by atoms with Gasteiger partial charge in [-0.05, 0) is 73.5 Å². The summed E-state index contributed by atoms with van der Waals surface area (Å²) in [6.07, 6.45) is 2.08. The van der Waals surface area contributed by atoms with Gasteiger partial charge in [-0.1, -0.05) is 11.6 Å². The largest absolute Gasteiger partial charge is 0.456 e. The average molecular weight is 494 g/mol. The van der Waals surface area contributed by atoms with Crippen LogP contribution in [-0.4, -0.2) is 16.8 Å². The lowest BCUT2D eigenvalue weighted by atomic mass is 10.0. The molecule has 0 atom stereocenters. The number of ether oxygens (including phenoxy) is 1. The third-order valence-corrected chi connectivity index (χ3v) is 6.21. The molecule has 35 heavy (non-hydrogen) atoms. The molecule has 1 fully saturated rings. The maximum absolute atomic E-state index is 15.4. The lowest BCUT2D eigenvalue weighted by Gasteiger charge is -2.27. The first-order chi connectivity index (χ1) is 16.8. The maximum atomic E-state index is 15.4. The predicted molar refractivity (Wildman–Crippen MR) is 128 cm³/mol. The van der Waals surface area contributed by atoms with Gasteiger partial charge in [0, 0.05) is 28.4 Å². The second-order valence-electron chi connectivity index (χ2n) is 8.25. The Bertz CT molecular complexity index is 1470. The summed E-state index contributed by atoms with van der Waals surface area (Å²) < 4.78 is 34.8. The Morgan fingerprint density at radius 3 is 2.40 bits per heavy atom. The molecule has 0 saturated heterocycles. The zero-order valence-corrected chi connectivity index (χ0v) is 18.9. The fourth-order valence-corrected chi connectivity index (χ4v) is 4.07. The van der Waals surface area contributed by atoms with Gasteiger partial charge in [0.05, 0.1) is 11.2 Å². The van der Waals surface area contributed by atoms with Crippen LogP contribution in [0.5, 0.6) is 11.5 Å². The van der Waals surface area contributed by atoms with Crippen molar-refractivity contribution in [2.45, 2.75) is 12.8 Å². The minimum atomic E-state index is -1.41. The van der Waals surface area contributed by atoms with E-state index in [4.69, 9.17) is 22.1 Å². The molecule has 2 N–H and O–H groups in total. The third kappa shape index (κ3) is 4.17. The Morgan fingerprint density at radius 1 is 1.00 bits per heavy atom. The van der Waals surface area contributed by atoms with Gasteiger partial charge in [-0.25, -0.2) is 8.78 Å². The van der Waals surface area contributed by atoms with Crippen LogP contribution < -0.4 is 15.4 Å². The standard InChI is InChI=1S/C26H18ClF2N3O3/c27-15-1-7-19-21(13-15)31-12-9-23(19)35-18-6-8-22(20(29)14-18)32(17-4-2-16(28)3-5-17)25(34)26(10-11-26)24(30)33/h1-9,12-14H,10-11H2,(H2,30,33). The van der Waals surface area contributed by atoms with Gasteiger partial charge in [0.1, 0.15) is 22.7 Å². The van der Waals surface area contributed by atoms with Crippen LogP contribution in [0.3, 0.4) is 0 Å². The fraction of sp³-hybridized carbons (Fsp3) is 0.115. The molecule has 176 valence electrons. The lowest BCUT2D eigenvalue weighted by Crippen LogP contribution is -2.41. The van der Waals surface area contributed by atoms with Gasteiger partial charge in [0.15, 0.2) is 5.82 Å². The molecule has 0 unspecified atom stereocenters. The van der Waals surface area contributed by atoms with Crippen LogP contribution in [0.1, 0.15) is 12.8 Å². The summed E-state index contributed by atoms with van der Waals surface area (Å²) in [5, 5.41) is 1.20. The van der Waals surface area contributed by atoms with Gasteiger partial charge in [0.25, 0.3) is 0 Å². The minimum absolute atomic E-state index is 0.118. The number of aromatic nitrogens is 1. The molecular weight excluding hydrogens is 476 g/mol. The summed E-state index contributed by atoms with van der Waals surface area (Å²) in [6.45, 7) is 0. The number of fused-ring (bicyclic) bond motifs is 1. The highest BCUT2D eigenvalue weighted by molar-refractivity contribution is 6.31. The first-order valence-electron chi connectivity index (χ1n) is 10.7. The monoisotopic (exact) mass is 493 g/mol. The highest BCUT2D eigenvalue weighted by atomic mass is 35.5. The number of rotatable bonds is 6. The number of pyridine rings is 1. The first kappa shape index (κ1) is 22.7. The van der Waals surface area contributed by atoms with Crippen molar-refractivity contribution in [1.82, 2.24) is 4.98 Å². The zero-order valence-electron chi connectivity index (χ0n) is 18.2. The molecule has 0 aliphatic heterocycles. The molecule has 2 amide bonds. The Labute approximate surface area is 203 Å². The molecule has 9 heteroatoms. The number of benzene rings is 3. The average Bonchev–Trinajstić information content (AvgIpc) is 3.64. The Hall–Kier alpha value is -4.04. The summed E-state index contributed by atoms with van der Waals surface area (Å²) in [4.78, 5) is 30.7. The first-order valence-corrected chi connectivity index (χ1v) is 11.1. The van der Waals surface area contributed by atoms with Crippen molar-refractivity contribution < 1.29 is 23.1 Å². The zero-order chi connectivity index (χ0) is 24.7. The van der Waals surface area contributed by atoms with E-state index in [0.29, 0.717) is 21.7 Å². The Kier molecular flexibility index (Phi) is 5.61. The van der Waals surface area contributed by atoms with E-state index in [1.165, 1.54) is 24.3 Å². The maximum Gasteiger partial charge on any atom is 0.247 e. The smallest absolute Gasteiger partial charge is 0.247 e. The van der Waals surface area contributed by atoms with Crippen LogP contribution in [0.4, 0.5) is 20.2 Å². The van der Waals surface area contributed by atoms with Crippen molar-refractivity contribution in [3.63, 3.8) is 0 Å². The van der Waals surface area contributed by atoms with Gasteiger partial charge >= 0.3 is 0 Å². The summed E-state index contributed by atoms with van der Waals surface area (Å²) in [6, 6.07) is 15.7. The number of primary amides is 1. The van der Waals surface area contributed by atoms with Crippen LogP contribution in [0.25, 0.3) is 10.9 Å². The van der Waals surface area contributed by atoms with E-state index in [9.17, 15) is 14.0 Å². The quantitative estimate of drug-likeness (QED) is 0.339. The fourth-order valence-electron chi connectivity index (χ4n) is 3.90. The predicted octanol–water partition coefficient (Wildman–Crippen LogP) is 5.89. The molecular formula is C26H18ClF2N3O3. The third-order valence-electron chi connectivity index (χ3n) is 5.97. The highest BCUT2D eigenvalue weighted by Gasteiger charge is 2.57. The molecule has 0 radical (unpaired) electrons. The van der Waals surface area contributed by atoms with Crippen LogP contribution in [0.2, 0.25) is 5.02 Å². The number of nitrogens with two attached hydrogens (primary N) is 1. The summed E-state index contributed by atoms with van der Waals surface area (Å²) >= 11 is 6.03. The van der Waals surface area contributed by atoms with Crippen LogP contribution in [-0.2, 0) is 9.59 Å². The van der Waals surface area contributed by atoms with E-state index < -0.39 is 28.9 Å². The van der Waals surface area contributed by atoms with Crippen molar-refractivity contribution in [1.29, 1.82) is 0 Å². The Balaban J connectivity index is 1.52. The van der Waals surface area contributed by atoms with E-state index in [1.807, 2.05) is 0 Å². The van der Waals surface area contributed by atoms with Crippen LogP contribution >= 0.6 is 11.6 Å². The SMILES string of the molecule is NC(=O)C1(C(=O)N(c2ccc(F)cc2)c2ccc(Oc3ccnc4cc(Cl)ccc34)cc2F)CC1. The van der Waals surface area contributed by atoms with Crippen LogP contribution in [0.15, 0.2) is 72.9 Å². The van der Waals surface area contributed by atoms with E-state index in [2.05, 4.69) is 4.98 Å². The lowest BCUT2D eigenvalue weighted by molar-refractivity contribution is -0.133. The van der Waals surface area contributed by atoms with Crippen molar-refractivity contribution in [3.8, 4) is 11.5 Å². The number of hydrogen-bond acceptors (Lipinski definition) is 4. The molecule has 1 aromatic heterocycles. The molecule has 5 rings (SSSR count). The summed E-state index contributed by atoms with van der Waals surface area (Å²) in [7, 11) is 0. The van der Waals surface area contributed by atoms with Gasteiger partial charge in [-0.3, -0.25) is 19.5 Å². The second kappa shape index (κ2) is 8.63. The van der Waals surface area contributed by atoms with Crippen LogP contribution in [0, 0.1) is 17.0 Å². The van der Waals surface area contributed by atoms with E-state index in [-0.39, 0.29) is 30.0 Å². The molecule has 6 nitrogen and oxygen atoms in total. The number of carbonyl (C=O) groups excluding carboxylic acids is 2. The van der Waals surface area contributed by atoms with Gasteiger partial charge < -0.3 is 10.5 Å². The summed E-state index contributed by atoms with van der Waals surface area (Å²) in [5.74, 6) is -2.12. The molecule has 1 saturated carbocycles. The van der Waals surface area contributed by atoms with E-state index in [0.717, 1.165) is 23.1 Å². The van der Waals surface area contributed by atoms with E-state index >= 15 is 4.39 Å². The number of halogens is 3. The number of hydrogen-bond donors (Lipinski definition) is 1. The highest BCUT2D eigenvalue weighted by Crippen LogP contribution is 2.49. The van der Waals surface area contributed by atoms with Gasteiger partial charge in [0.2, 0.25) is 11.8 Å². The number of nitrogens with zero attached hydrogens (tertiary/aromatic N) is 2. The van der Waals surface area contributed by atoms with Crippen molar-refractivity contribution >= 4 is 45.7 Å². The molecule has 1 heterocycles.